The smallest absolute Gasteiger partial charge is 0.165 e. The van der Waals surface area contributed by atoms with Gasteiger partial charge in [-0.25, -0.2) is 18.7 Å². The first-order valence-electron chi connectivity index (χ1n) is 11.7. The normalized spacial score (nSPS) is 12.9. The fraction of sp³-hybridized carbons (Fsp3) is 0.357. The molecular weight excluding hydrogens is 430 g/mol. The molecule has 0 atom stereocenters. The van der Waals surface area contributed by atoms with Crippen molar-refractivity contribution in [2.75, 3.05) is 0 Å². The fourth-order valence-electron chi connectivity index (χ4n) is 4.72. The predicted octanol–water partition coefficient (Wildman–Crippen LogP) is 7.42. The molecule has 0 amide bonds. The Morgan fingerprint density at radius 3 is 2.06 bits per heavy atom. The summed E-state index contributed by atoms with van der Waals surface area (Å²) in [4.78, 5) is 9.74. The van der Waals surface area contributed by atoms with E-state index < -0.39 is 11.6 Å². The van der Waals surface area contributed by atoms with E-state index in [9.17, 15) is 8.78 Å². The first-order valence-corrected chi connectivity index (χ1v) is 11.7. The second kappa shape index (κ2) is 7.62. The zero-order valence-electron chi connectivity index (χ0n) is 20.6. The van der Waals surface area contributed by atoms with E-state index in [1.165, 1.54) is 18.2 Å². The van der Waals surface area contributed by atoms with Crippen molar-refractivity contribution >= 4 is 27.6 Å². The molecule has 0 saturated carbocycles. The minimum Gasteiger partial charge on any atom is -0.326 e. The van der Waals surface area contributed by atoms with Gasteiger partial charge in [0.2, 0.25) is 0 Å². The minimum absolute atomic E-state index is 0.00569. The maximum atomic E-state index is 14.9. The summed E-state index contributed by atoms with van der Waals surface area (Å²) < 4.78 is 33.9. The number of pyridine rings is 1. The quantitative estimate of drug-likeness (QED) is 0.281. The molecule has 4 nitrogen and oxygen atoms in total. The second-order valence-electron chi connectivity index (χ2n) is 11.5. The van der Waals surface area contributed by atoms with Crippen LogP contribution in [0.1, 0.15) is 47.4 Å². The zero-order valence-corrected chi connectivity index (χ0v) is 20.6. The van der Waals surface area contributed by atoms with Crippen LogP contribution in [-0.4, -0.2) is 18.9 Å². The minimum atomic E-state index is -0.618. The number of fused-ring (bicyclic) bond motifs is 6. The monoisotopic (exact) mass is 460 g/mol. The van der Waals surface area contributed by atoms with Crippen molar-refractivity contribution in [3.8, 4) is 11.3 Å². The highest BCUT2D eigenvalue weighted by atomic mass is 19.1. The van der Waals surface area contributed by atoms with Gasteiger partial charge in [-0.3, -0.25) is 4.40 Å². The number of aromatic nitrogens is 4. The van der Waals surface area contributed by atoms with Gasteiger partial charge in [0, 0.05) is 23.7 Å². The van der Waals surface area contributed by atoms with Gasteiger partial charge in [-0.05, 0) is 23.0 Å². The molecule has 0 N–H and O–H groups in total. The molecule has 0 saturated heterocycles. The molecular formula is C28H30F2N4. The summed E-state index contributed by atoms with van der Waals surface area (Å²) >= 11 is 0. The molecule has 2 aromatic carbocycles. The summed E-state index contributed by atoms with van der Waals surface area (Å²) in [5, 5.41) is 1.96. The third kappa shape index (κ3) is 3.75. The first-order chi connectivity index (χ1) is 15.9. The SMILES string of the molecule is CC(C)(C)Cc1nc2c(c3ccccc3c3ncc(-c4c(F)cccc4F)n32)n1CC(C)(C)C. The van der Waals surface area contributed by atoms with E-state index in [2.05, 4.69) is 57.2 Å². The maximum absolute atomic E-state index is 14.9. The number of benzene rings is 2. The molecule has 0 unspecified atom stereocenters. The number of hydrogen-bond donors (Lipinski definition) is 0. The third-order valence-corrected chi connectivity index (χ3v) is 5.96. The van der Waals surface area contributed by atoms with Crippen LogP contribution < -0.4 is 0 Å². The Balaban J connectivity index is 1.98. The average molecular weight is 461 g/mol. The average Bonchev–Trinajstić information content (AvgIpc) is 3.28. The van der Waals surface area contributed by atoms with Crippen molar-refractivity contribution in [1.29, 1.82) is 0 Å². The van der Waals surface area contributed by atoms with Gasteiger partial charge in [0.25, 0.3) is 0 Å². The molecule has 0 radical (unpaired) electrons. The van der Waals surface area contributed by atoms with Gasteiger partial charge in [-0.2, -0.15) is 0 Å². The molecule has 6 heteroatoms. The molecule has 0 aliphatic carbocycles. The summed E-state index contributed by atoms with van der Waals surface area (Å²) in [6.07, 6.45) is 2.32. The first kappa shape index (κ1) is 22.5. The van der Waals surface area contributed by atoms with Crippen molar-refractivity contribution < 1.29 is 8.78 Å². The molecule has 0 aliphatic rings. The fourth-order valence-corrected chi connectivity index (χ4v) is 4.72. The van der Waals surface area contributed by atoms with Crippen LogP contribution in [0.15, 0.2) is 48.7 Å². The third-order valence-electron chi connectivity index (χ3n) is 5.96. The number of rotatable bonds is 3. The number of nitrogens with zero attached hydrogens (tertiary/aromatic N) is 4. The van der Waals surface area contributed by atoms with E-state index in [4.69, 9.17) is 4.98 Å². The van der Waals surface area contributed by atoms with Crippen molar-refractivity contribution in [3.05, 3.63) is 66.1 Å². The molecule has 0 spiro atoms. The summed E-state index contributed by atoms with van der Waals surface area (Å²) in [6, 6.07) is 12.0. The predicted molar refractivity (Wildman–Crippen MR) is 134 cm³/mol. The van der Waals surface area contributed by atoms with E-state index in [-0.39, 0.29) is 16.4 Å². The van der Waals surface area contributed by atoms with Crippen LogP contribution in [0, 0.1) is 22.5 Å². The summed E-state index contributed by atoms with van der Waals surface area (Å²) in [6.45, 7) is 14.0. The standard InChI is InChI=1S/C28H30F2N4/c1-27(2,3)14-22-32-26-24(33(22)16-28(4,5)6)17-10-7-8-11-18(17)25-31-15-21(34(25)26)23-19(29)12-9-13-20(23)30/h7-13,15H,14,16H2,1-6H3. The van der Waals surface area contributed by atoms with Crippen molar-refractivity contribution in [2.45, 2.75) is 54.5 Å². The topological polar surface area (TPSA) is 35.1 Å². The van der Waals surface area contributed by atoms with Gasteiger partial charge in [0.1, 0.15) is 23.1 Å². The molecule has 3 aromatic heterocycles. The molecule has 3 heterocycles. The number of hydrogen-bond acceptors (Lipinski definition) is 2. The molecule has 0 bridgehead atoms. The van der Waals surface area contributed by atoms with E-state index in [1.807, 2.05) is 22.6 Å². The van der Waals surface area contributed by atoms with Crippen LogP contribution in [0.25, 0.3) is 38.8 Å². The van der Waals surface area contributed by atoms with Crippen LogP contribution in [-0.2, 0) is 13.0 Å². The van der Waals surface area contributed by atoms with Gasteiger partial charge in [-0.1, -0.05) is 71.9 Å². The van der Waals surface area contributed by atoms with Gasteiger partial charge in [0.05, 0.1) is 23.0 Å². The Kier molecular flexibility index (Phi) is 5.04. The van der Waals surface area contributed by atoms with Crippen molar-refractivity contribution in [3.63, 3.8) is 0 Å². The van der Waals surface area contributed by atoms with Gasteiger partial charge in [-0.15, -0.1) is 0 Å². The Hall–Kier alpha value is -3.28. The Morgan fingerprint density at radius 2 is 1.44 bits per heavy atom. The lowest BCUT2D eigenvalue weighted by atomic mass is 9.91. The molecule has 5 rings (SSSR count). The second-order valence-corrected chi connectivity index (χ2v) is 11.5. The molecule has 34 heavy (non-hydrogen) atoms. The van der Waals surface area contributed by atoms with E-state index in [0.717, 1.165) is 35.1 Å². The Bertz CT molecular complexity index is 1520. The highest BCUT2D eigenvalue weighted by Crippen LogP contribution is 2.37. The lowest BCUT2D eigenvalue weighted by Crippen LogP contribution is -2.20. The lowest BCUT2D eigenvalue weighted by Gasteiger charge is -2.24. The van der Waals surface area contributed by atoms with Gasteiger partial charge < -0.3 is 4.57 Å². The van der Waals surface area contributed by atoms with E-state index in [1.54, 1.807) is 6.20 Å². The Labute approximate surface area is 198 Å². The van der Waals surface area contributed by atoms with Crippen LogP contribution in [0.3, 0.4) is 0 Å². The van der Waals surface area contributed by atoms with Crippen LogP contribution in [0.5, 0.6) is 0 Å². The van der Waals surface area contributed by atoms with Crippen molar-refractivity contribution in [2.24, 2.45) is 10.8 Å². The zero-order chi connectivity index (χ0) is 24.4. The molecule has 0 fully saturated rings. The maximum Gasteiger partial charge on any atom is 0.165 e. The largest absolute Gasteiger partial charge is 0.326 e. The van der Waals surface area contributed by atoms with Gasteiger partial charge >= 0.3 is 0 Å². The number of halogens is 2. The summed E-state index contributed by atoms with van der Waals surface area (Å²) in [7, 11) is 0. The molecule has 0 aliphatic heterocycles. The highest BCUT2D eigenvalue weighted by Gasteiger charge is 2.26. The van der Waals surface area contributed by atoms with Crippen LogP contribution in [0.2, 0.25) is 0 Å². The van der Waals surface area contributed by atoms with Crippen LogP contribution in [0.4, 0.5) is 8.78 Å². The highest BCUT2D eigenvalue weighted by molar-refractivity contribution is 6.10. The molecule has 176 valence electrons. The summed E-state index contributed by atoms with van der Waals surface area (Å²) in [5.74, 6) is -0.275. The van der Waals surface area contributed by atoms with Crippen LogP contribution >= 0.6 is 0 Å². The van der Waals surface area contributed by atoms with Gasteiger partial charge in [0.15, 0.2) is 5.65 Å². The van der Waals surface area contributed by atoms with Crippen molar-refractivity contribution in [1.82, 2.24) is 18.9 Å². The summed E-state index contributed by atoms with van der Waals surface area (Å²) in [5.41, 5.74) is 2.58. The Morgan fingerprint density at radius 1 is 0.794 bits per heavy atom. The number of imidazole rings is 2. The van der Waals surface area contributed by atoms with E-state index in [0.29, 0.717) is 17.0 Å². The lowest BCUT2D eigenvalue weighted by molar-refractivity contribution is 0.328. The molecule has 5 aromatic rings. The van der Waals surface area contributed by atoms with E-state index >= 15 is 0 Å².